The van der Waals surface area contributed by atoms with Crippen molar-refractivity contribution in [2.24, 2.45) is 0 Å². The molecule has 0 bridgehead atoms. The highest BCUT2D eigenvalue weighted by molar-refractivity contribution is 9.10. The molecule has 98 valence electrons. The quantitative estimate of drug-likeness (QED) is 0.842. The molecular formula is C16H15BrClN. The lowest BCUT2D eigenvalue weighted by Crippen LogP contribution is -2.18. The Morgan fingerprint density at radius 1 is 1.21 bits per heavy atom. The minimum atomic E-state index is 0.444. The summed E-state index contributed by atoms with van der Waals surface area (Å²) in [5, 5.41) is 4.45. The highest BCUT2D eigenvalue weighted by Gasteiger charge is 2.21. The number of aryl methyl sites for hydroxylation is 1. The lowest BCUT2D eigenvalue weighted by atomic mass is 10.1. The Balaban J connectivity index is 1.72. The monoisotopic (exact) mass is 335 g/mol. The van der Waals surface area contributed by atoms with E-state index in [1.807, 2.05) is 18.2 Å². The summed E-state index contributed by atoms with van der Waals surface area (Å²) in [5.74, 6) is 0. The Bertz CT molecular complexity index is 597. The summed E-state index contributed by atoms with van der Waals surface area (Å²) in [7, 11) is 0. The van der Waals surface area contributed by atoms with Crippen molar-refractivity contribution in [3.63, 3.8) is 0 Å². The molecule has 0 saturated carbocycles. The third-order valence-electron chi connectivity index (χ3n) is 3.68. The van der Waals surface area contributed by atoms with Crippen LogP contribution in [-0.4, -0.2) is 0 Å². The van der Waals surface area contributed by atoms with Gasteiger partial charge >= 0.3 is 0 Å². The van der Waals surface area contributed by atoms with E-state index in [1.165, 1.54) is 11.1 Å². The average molecular weight is 337 g/mol. The topological polar surface area (TPSA) is 12.0 Å². The zero-order chi connectivity index (χ0) is 13.2. The summed E-state index contributed by atoms with van der Waals surface area (Å²) in [6, 6.07) is 15.0. The molecule has 0 aromatic heterocycles. The van der Waals surface area contributed by atoms with E-state index >= 15 is 0 Å². The number of rotatable bonds is 3. The van der Waals surface area contributed by atoms with Crippen LogP contribution in [0.3, 0.4) is 0 Å². The Morgan fingerprint density at radius 3 is 2.89 bits per heavy atom. The SMILES string of the molecule is Clc1ccccc1CNC1CCc2cc(Br)ccc21. The predicted molar refractivity (Wildman–Crippen MR) is 83.5 cm³/mol. The van der Waals surface area contributed by atoms with Crippen LogP contribution in [0.1, 0.15) is 29.2 Å². The van der Waals surface area contributed by atoms with Gasteiger partial charge in [-0.15, -0.1) is 0 Å². The Morgan fingerprint density at radius 2 is 2.05 bits per heavy atom. The van der Waals surface area contributed by atoms with Gasteiger partial charge in [0.15, 0.2) is 0 Å². The van der Waals surface area contributed by atoms with Gasteiger partial charge in [0.05, 0.1) is 0 Å². The van der Waals surface area contributed by atoms with Gasteiger partial charge in [-0.3, -0.25) is 0 Å². The van der Waals surface area contributed by atoms with Crippen LogP contribution in [0.15, 0.2) is 46.9 Å². The molecule has 2 aromatic carbocycles. The Kier molecular flexibility index (Phi) is 3.92. The highest BCUT2D eigenvalue weighted by atomic mass is 79.9. The van der Waals surface area contributed by atoms with Crippen molar-refractivity contribution < 1.29 is 0 Å². The van der Waals surface area contributed by atoms with Crippen molar-refractivity contribution >= 4 is 27.5 Å². The maximum atomic E-state index is 6.18. The van der Waals surface area contributed by atoms with E-state index in [2.05, 4.69) is 45.5 Å². The zero-order valence-electron chi connectivity index (χ0n) is 10.5. The summed E-state index contributed by atoms with van der Waals surface area (Å²) in [5.41, 5.74) is 4.04. The fraction of sp³-hybridized carbons (Fsp3) is 0.250. The third kappa shape index (κ3) is 2.86. The van der Waals surface area contributed by atoms with Crippen molar-refractivity contribution in [1.29, 1.82) is 0 Å². The third-order valence-corrected chi connectivity index (χ3v) is 4.54. The highest BCUT2D eigenvalue weighted by Crippen LogP contribution is 2.33. The van der Waals surface area contributed by atoms with Gasteiger partial charge in [0.25, 0.3) is 0 Å². The smallest absolute Gasteiger partial charge is 0.0450 e. The molecule has 2 aromatic rings. The lowest BCUT2D eigenvalue weighted by molar-refractivity contribution is 0.530. The van der Waals surface area contributed by atoms with Gasteiger partial charge in [-0.1, -0.05) is 51.8 Å². The van der Waals surface area contributed by atoms with Gasteiger partial charge in [-0.2, -0.15) is 0 Å². The second kappa shape index (κ2) is 5.66. The largest absolute Gasteiger partial charge is 0.306 e. The van der Waals surface area contributed by atoms with E-state index in [0.717, 1.165) is 34.4 Å². The molecule has 1 atom stereocenters. The van der Waals surface area contributed by atoms with E-state index in [1.54, 1.807) is 0 Å². The summed E-state index contributed by atoms with van der Waals surface area (Å²) in [4.78, 5) is 0. The molecule has 0 aliphatic heterocycles. The molecule has 0 amide bonds. The fourth-order valence-electron chi connectivity index (χ4n) is 2.67. The van der Waals surface area contributed by atoms with Gasteiger partial charge in [0.2, 0.25) is 0 Å². The molecule has 0 saturated heterocycles. The number of hydrogen-bond donors (Lipinski definition) is 1. The fourth-order valence-corrected chi connectivity index (χ4v) is 3.28. The van der Waals surface area contributed by atoms with Gasteiger partial charge in [0, 0.05) is 22.1 Å². The number of nitrogens with one attached hydrogen (secondary N) is 1. The van der Waals surface area contributed by atoms with Crippen molar-refractivity contribution in [3.8, 4) is 0 Å². The van der Waals surface area contributed by atoms with Gasteiger partial charge in [-0.25, -0.2) is 0 Å². The molecule has 1 unspecified atom stereocenters. The predicted octanol–water partition coefficient (Wildman–Crippen LogP) is 4.88. The lowest BCUT2D eigenvalue weighted by Gasteiger charge is -2.15. The first-order valence-electron chi connectivity index (χ1n) is 6.49. The molecule has 1 aliphatic carbocycles. The van der Waals surface area contributed by atoms with Gasteiger partial charge < -0.3 is 5.32 Å². The van der Waals surface area contributed by atoms with Crippen LogP contribution in [0, 0.1) is 0 Å². The summed E-state index contributed by atoms with van der Waals surface area (Å²) >= 11 is 9.72. The summed E-state index contributed by atoms with van der Waals surface area (Å²) < 4.78 is 1.16. The summed E-state index contributed by atoms with van der Waals surface area (Å²) in [6.07, 6.45) is 2.31. The van der Waals surface area contributed by atoms with Crippen LogP contribution in [-0.2, 0) is 13.0 Å². The summed E-state index contributed by atoms with van der Waals surface area (Å²) in [6.45, 7) is 0.819. The average Bonchev–Trinajstić information content (AvgIpc) is 2.80. The van der Waals surface area contributed by atoms with Crippen LogP contribution in [0.4, 0.5) is 0 Å². The number of hydrogen-bond acceptors (Lipinski definition) is 1. The second-order valence-electron chi connectivity index (χ2n) is 4.91. The maximum absolute atomic E-state index is 6.18. The molecule has 19 heavy (non-hydrogen) atoms. The molecule has 0 heterocycles. The van der Waals surface area contributed by atoms with Crippen molar-refractivity contribution in [2.45, 2.75) is 25.4 Å². The second-order valence-corrected chi connectivity index (χ2v) is 6.23. The van der Waals surface area contributed by atoms with Gasteiger partial charge in [-0.05, 0) is 47.7 Å². The minimum Gasteiger partial charge on any atom is -0.306 e. The maximum Gasteiger partial charge on any atom is 0.0450 e. The molecule has 1 nitrogen and oxygen atoms in total. The van der Waals surface area contributed by atoms with E-state index in [0.29, 0.717) is 6.04 Å². The molecule has 1 aliphatic rings. The van der Waals surface area contributed by atoms with Crippen molar-refractivity contribution in [3.05, 3.63) is 68.7 Å². The van der Waals surface area contributed by atoms with E-state index in [9.17, 15) is 0 Å². The number of benzene rings is 2. The van der Waals surface area contributed by atoms with Crippen LogP contribution < -0.4 is 5.32 Å². The number of fused-ring (bicyclic) bond motifs is 1. The normalized spacial score (nSPS) is 17.5. The van der Waals surface area contributed by atoms with Crippen LogP contribution in [0.5, 0.6) is 0 Å². The molecule has 3 heteroatoms. The molecule has 0 radical (unpaired) electrons. The molecule has 0 spiro atoms. The van der Waals surface area contributed by atoms with Crippen LogP contribution in [0.2, 0.25) is 5.02 Å². The van der Waals surface area contributed by atoms with E-state index in [-0.39, 0.29) is 0 Å². The Hall–Kier alpha value is -0.830. The van der Waals surface area contributed by atoms with E-state index < -0.39 is 0 Å². The number of halogens is 2. The first kappa shape index (κ1) is 13.2. The first-order chi connectivity index (χ1) is 9.24. The first-order valence-corrected chi connectivity index (χ1v) is 7.66. The molecule has 1 N–H and O–H groups in total. The van der Waals surface area contributed by atoms with Crippen molar-refractivity contribution in [1.82, 2.24) is 5.32 Å². The van der Waals surface area contributed by atoms with E-state index in [4.69, 9.17) is 11.6 Å². The van der Waals surface area contributed by atoms with Gasteiger partial charge in [0.1, 0.15) is 0 Å². The molecular weight excluding hydrogens is 322 g/mol. The van der Waals surface area contributed by atoms with Crippen LogP contribution in [0.25, 0.3) is 0 Å². The minimum absolute atomic E-state index is 0.444. The molecule has 3 rings (SSSR count). The van der Waals surface area contributed by atoms with Crippen molar-refractivity contribution in [2.75, 3.05) is 0 Å². The standard InChI is InChI=1S/C16H15BrClN/c17-13-6-7-14-11(9-13)5-8-16(14)19-10-12-3-1-2-4-15(12)18/h1-4,6-7,9,16,19H,5,8,10H2. The van der Waals surface area contributed by atoms with Crippen LogP contribution >= 0.6 is 27.5 Å². The molecule has 0 fully saturated rings. The zero-order valence-corrected chi connectivity index (χ0v) is 12.8. The Labute approximate surface area is 127 Å².